The second kappa shape index (κ2) is 7.28. The number of anilines is 3. The minimum atomic E-state index is -0.0659. The maximum atomic E-state index is 11.9. The minimum Gasteiger partial charge on any atom is -0.365 e. The van der Waals surface area contributed by atoms with E-state index in [0.29, 0.717) is 40.1 Å². The summed E-state index contributed by atoms with van der Waals surface area (Å²) in [5.41, 5.74) is 1.24. The number of nitrogens with one attached hydrogen (secondary N) is 3. The highest BCUT2D eigenvalue weighted by Gasteiger charge is 2.24. The number of H-pyrrole nitrogens is 1. The molecule has 3 aromatic rings. The van der Waals surface area contributed by atoms with Crippen LogP contribution >= 0.6 is 11.6 Å². The number of halogens is 1. The van der Waals surface area contributed by atoms with Gasteiger partial charge in [0, 0.05) is 25.3 Å². The lowest BCUT2D eigenvalue weighted by Gasteiger charge is -2.33. The molecule has 3 N–H and O–H groups in total. The number of rotatable bonds is 5. The maximum Gasteiger partial charge on any atom is 0.246 e. The Kier molecular flexibility index (Phi) is 4.68. The molecule has 1 aliphatic rings. The Bertz CT molecular complexity index is 969. The Balaban J connectivity index is 1.62. The van der Waals surface area contributed by atoms with Crippen LogP contribution in [0.5, 0.6) is 0 Å². The van der Waals surface area contributed by atoms with E-state index in [2.05, 4.69) is 37.3 Å². The van der Waals surface area contributed by atoms with Crippen molar-refractivity contribution in [2.24, 2.45) is 0 Å². The average Bonchev–Trinajstić information content (AvgIpc) is 3.31. The Hall–Kier alpha value is -3.07. The topological polar surface area (TPSA) is 112 Å². The molecular formula is C17H18ClN7O2. The van der Waals surface area contributed by atoms with E-state index in [1.807, 2.05) is 0 Å². The molecule has 1 aliphatic heterocycles. The van der Waals surface area contributed by atoms with Gasteiger partial charge in [0.05, 0.1) is 16.6 Å². The van der Waals surface area contributed by atoms with Gasteiger partial charge in [-0.25, -0.2) is 0 Å². The van der Waals surface area contributed by atoms with Crippen LogP contribution in [0.25, 0.3) is 11.0 Å². The van der Waals surface area contributed by atoms with Gasteiger partial charge in [0.15, 0.2) is 0 Å². The number of hydrogen-bond acceptors (Lipinski definition) is 7. The molecule has 4 rings (SSSR count). The predicted octanol–water partition coefficient (Wildman–Crippen LogP) is 2.93. The van der Waals surface area contributed by atoms with E-state index in [1.54, 1.807) is 11.1 Å². The molecule has 0 unspecified atom stereocenters. The number of hydrogen-bond donors (Lipinski definition) is 3. The van der Waals surface area contributed by atoms with Gasteiger partial charge in [0.2, 0.25) is 11.9 Å². The zero-order chi connectivity index (χ0) is 18.8. The molecule has 0 saturated carbocycles. The number of carbonyl (C=O) groups is 1. The van der Waals surface area contributed by atoms with Crippen molar-refractivity contribution in [3.05, 3.63) is 36.3 Å². The number of aromatic amines is 1. The van der Waals surface area contributed by atoms with Crippen molar-refractivity contribution < 1.29 is 9.32 Å². The third-order valence-electron chi connectivity index (χ3n) is 4.42. The molecule has 9 nitrogen and oxygen atoms in total. The third kappa shape index (κ3) is 3.59. The molecule has 27 heavy (non-hydrogen) atoms. The summed E-state index contributed by atoms with van der Waals surface area (Å²) < 4.78 is 4.82. The van der Waals surface area contributed by atoms with E-state index in [-0.39, 0.29) is 11.9 Å². The molecule has 0 spiro atoms. The van der Waals surface area contributed by atoms with Gasteiger partial charge >= 0.3 is 0 Å². The van der Waals surface area contributed by atoms with Crippen molar-refractivity contribution >= 4 is 46.0 Å². The lowest BCUT2D eigenvalue weighted by atomic mass is 10.1. The third-order valence-corrected chi connectivity index (χ3v) is 4.72. The number of aromatic nitrogens is 4. The van der Waals surface area contributed by atoms with Crippen LogP contribution in [-0.4, -0.2) is 50.0 Å². The molecule has 1 amide bonds. The van der Waals surface area contributed by atoms with Gasteiger partial charge in [-0.1, -0.05) is 23.3 Å². The smallest absolute Gasteiger partial charge is 0.246 e. The summed E-state index contributed by atoms with van der Waals surface area (Å²) in [6, 6.07) is 0.0511. The van der Waals surface area contributed by atoms with Crippen molar-refractivity contribution in [3.8, 4) is 0 Å². The number of piperidine rings is 1. The summed E-state index contributed by atoms with van der Waals surface area (Å²) in [7, 11) is 0. The Morgan fingerprint density at radius 1 is 1.48 bits per heavy atom. The van der Waals surface area contributed by atoms with E-state index in [0.717, 1.165) is 19.4 Å². The zero-order valence-corrected chi connectivity index (χ0v) is 15.2. The van der Waals surface area contributed by atoms with E-state index in [9.17, 15) is 4.79 Å². The molecule has 0 bridgehead atoms. The summed E-state index contributed by atoms with van der Waals surface area (Å²) in [5, 5.41) is 11.3. The van der Waals surface area contributed by atoms with Gasteiger partial charge in [0.1, 0.15) is 23.4 Å². The number of amides is 1. The van der Waals surface area contributed by atoms with Gasteiger partial charge in [0.25, 0.3) is 0 Å². The lowest BCUT2D eigenvalue weighted by Crippen LogP contribution is -2.44. The summed E-state index contributed by atoms with van der Waals surface area (Å²) >= 11 is 6.32. The predicted molar refractivity (Wildman–Crippen MR) is 102 cm³/mol. The molecule has 4 heterocycles. The molecule has 1 saturated heterocycles. The number of nitrogens with zero attached hydrogens (tertiary/aromatic N) is 4. The van der Waals surface area contributed by atoms with Crippen molar-refractivity contribution in [2.75, 3.05) is 23.7 Å². The molecule has 10 heteroatoms. The number of fused-ring (bicyclic) bond motifs is 1. The standard InChI is InChI=1S/C17H18ClN7O2/c1-2-13(26)25-5-3-4-10(8-25)21-16-14-12(18)7-19-15(14)23-17(24-16)22-11-6-20-27-9-11/h2,6-7,9-10H,1,3-5,8H2,(H3,19,21,22,23,24)/t10-/m1/s1. The largest absolute Gasteiger partial charge is 0.365 e. The van der Waals surface area contributed by atoms with Crippen molar-refractivity contribution in [1.29, 1.82) is 0 Å². The highest BCUT2D eigenvalue weighted by atomic mass is 35.5. The second-order valence-corrected chi connectivity index (χ2v) is 6.67. The van der Waals surface area contributed by atoms with Gasteiger partial charge < -0.3 is 25.0 Å². The fourth-order valence-electron chi connectivity index (χ4n) is 3.17. The van der Waals surface area contributed by atoms with Crippen LogP contribution < -0.4 is 10.6 Å². The van der Waals surface area contributed by atoms with E-state index < -0.39 is 0 Å². The van der Waals surface area contributed by atoms with Crippen molar-refractivity contribution in [3.63, 3.8) is 0 Å². The quantitative estimate of drug-likeness (QED) is 0.577. The Labute approximate surface area is 159 Å². The summed E-state index contributed by atoms with van der Waals surface area (Å²) in [6.45, 7) is 4.87. The highest BCUT2D eigenvalue weighted by molar-refractivity contribution is 6.36. The monoisotopic (exact) mass is 387 g/mol. The molecule has 0 aliphatic carbocycles. The molecule has 1 fully saturated rings. The SMILES string of the molecule is C=CC(=O)N1CCC[C@@H](Nc2nc(Nc3cnoc3)nc3[nH]cc(Cl)c23)C1. The maximum absolute atomic E-state index is 11.9. The number of carbonyl (C=O) groups excluding carboxylic acids is 1. The summed E-state index contributed by atoms with van der Waals surface area (Å²) in [6.07, 6.45) is 7.82. The molecule has 1 atom stereocenters. The van der Waals surface area contributed by atoms with Crippen molar-refractivity contribution in [2.45, 2.75) is 18.9 Å². The fourth-order valence-corrected chi connectivity index (χ4v) is 3.40. The Morgan fingerprint density at radius 2 is 2.37 bits per heavy atom. The van der Waals surface area contributed by atoms with Crippen LogP contribution in [0.15, 0.2) is 35.8 Å². The highest BCUT2D eigenvalue weighted by Crippen LogP contribution is 2.31. The first kappa shape index (κ1) is 17.3. The zero-order valence-electron chi connectivity index (χ0n) is 14.4. The van der Waals surface area contributed by atoms with Crippen LogP contribution in [0, 0.1) is 0 Å². The number of likely N-dealkylation sites (tertiary alicyclic amines) is 1. The van der Waals surface area contributed by atoms with E-state index in [4.69, 9.17) is 16.1 Å². The Morgan fingerprint density at radius 3 is 3.15 bits per heavy atom. The van der Waals surface area contributed by atoms with E-state index in [1.165, 1.54) is 18.5 Å². The molecule has 140 valence electrons. The van der Waals surface area contributed by atoms with Crippen LogP contribution in [0.4, 0.5) is 17.5 Å². The second-order valence-electron chi connectivity index (χ2n) is 6.27. The molecule has 3 aromatic heterocycles. The summed E-state index contributed by atoms with van der Waals surface area (Å²) in [5.74, 6) is 0.911. The van der Waals surface area contributed by atoms with Crippen LogP contribution in [0.3, 0.4) is 0 Å². The van der Waals surface area contributed by atoms with Gasteiger partial charge in [-0.2, -0.15) is 9.97 Å². The first-order valence-electron chi connectivity index (χ1n) is 8.53. The van der Waals surface area contributed by atoms with Gasteiger partial charge in [-0.15, -0.1) is 0 Å². The first-order valence-corrected chi connectivity index (χ1v) is 8.90. The summed E-state index contributed by atoms with van der Waals surface area (Å²) in [4.78, 5) is 25.7. The van der Waals surface area contributed by atoms with Crippen LogP contribution in [0.1, 0.15) is 12.8 Å². The van der Waals surface area contributed by atoms with Crippen LogP contribution in [-0.2, 0) is 4.79 Å². The average molecular weight is 388 g/mol. The van der Waals surface area contributed by atoms with E-state index >= 15 is 0 Å². The lowest BCUT2D eigenvalue weighted by molar-refractivity contribution is -0.127. The van der Waals surface area contributed by atoms with Gasteiger partial charge in [-0.05, 0) is 18.9 Å². The normalized spacial score (nSPS) is 17.1. The van der Waals surface area contributed by atoms with Gasteiger partial charge in [-0.3, -0.25) is 4.79 Å². The first-order chi connectivity index (χ1) is 13.1. The van der Waals surface area contributed by atoms with Crippen LogP contribution in [0.2, 0.25) is 5.02 Å². The molecule has 0 radical (unpaired) electrons. The van der Waals surface area contributed by atoms with Crippen molar-refractivity contribution in [1.82, 2.24) is 25.0 Å². The minimum absolute atomic E-state index is 0.0511. The molecule has 0 aromatic carbocycles. The molecular weight excluding hydrogens is 370 g/mol. The fraction of sp³-hybridized carbons (Fsp3) is 0.294.